The fourth-order valence-electron chi connectivity index (χ4n) is 6.93. The average molecular weight is 777 g/mol. The third-order valence-electron chi connectivity index (χ3n) is 8.83. The van der Waals surface area contributed by atoms with E-state index in [1.54, 1.807) is 10.7 Å². The molecule has 0 radical (unpaired) electrons. The van der Waals surface area contributed by atoms with Crippen LogP contribution in [0.4, 0.5) is 21.5 Å². The summed E-state index contributed by atoms with van der Waals surface area (Å²) < 4.78 is 15.4. The Bertz CT molecular complexity index is 1640. The van der Waals surface area contributed by atoms with Gasteiger partial charge in [-0.3, -0.25) is 0 Å². The maximum atomic E-state index is 13.6. The number of aryl methyl sites for hydroxylation is 6. The molecule has 5 rings (SSSR count). The summed E-state index contributed by atoms with van der Waals surface area (Å²) in [7, 11) is 12.0. The SMILES string of the molecule is CC(C)c1cccc(C(C)C)c1NCc1ccc(F)cc1[CH]=[Ru]([Cl])[Cl].Cc1cc(C)c(N2[CH-]N(c3c(C)cc(C)cc3C)CC2)c(C)c1. The van der Waals surface area contributed by atoms with E-state index >= 15 is 0 Å². The van der Waals surface area contributed by atoms with E-state index in [1.165, 1.54) is 73.7 Å². The molecule has 1 aliphatic heterocycles. The Balaban J connectivity index is 0.000000217. The second-order valence-corrected chi connectivity index (χ2v) is 19.3. The van der Waals surface area contributed by atoms with Crippen LogP contribution in [0, 0.1) is 54.0 Å². The van der Waals surface area contributed by atoms with Gasteiger partial charge < -0.3 is 9.80 Å². The van der Waals surface area contributed by atoms with Crippen LogP contribution in [-0.2, 0) is 20.1 Å². The molecule has 0 aromatic heterocycles. The van der Waals surface area contributed by atoms with Gasteiger partial charge in [-0.1, -0.05) is 35.4 Å². The predicted octanol–water partition coefficient (Wildman–Crippen LogP) is 11.7. The van der Waals surface area contributed by atoms with Crippen molar-refractivity contribution in [2.45, 2.75) is 87.6 Å². The Kier molecular flexibility index (Phi) is 13.3. The van der Waals surface area contributed by atoms with E-state index in [1.807, 2.05) is 0 Å². The molecular weight excluding hydrogens is 725 g/mol. The van der Waals surface area contributed by atoms with Gasteiger partial charge in [0.15, 0.2) is 0 Å². The zero-order valence-electron chi connectivity index (χ0n) is 30.1. The van der Waals surface area contributed by atoms with Crippen molar-refractivity contribution in [1.29, 1.82) is 0 Å². The van der Waals surface area contributed by atoms with Crippen molar-refractivity contribution in [2.24, 2.45) is 0 Å². The molecule has 4 aromatic rings. The molecule has 0 amide bonds. The van der Waals surface area contributed by atoms with Gasteiger partial charge in [0.2, 0.25) is 0 Å². The third kappa shape index (κ3) is 9.49. The molecule has 1 heterocycles. The summed E-state index contributed by atoms with van der Waals surface area (Å²) in [6, 6.07) is 20.3. The fraction of sp³-hybridized carbons (Fsp3) is 0.366. The van der Waals surface area contributed by atoms with Crippen LogP contribution < -0.4 is 15.1 Å². The van der Waals surface area contributed by atoms with Gasteiger partial charge in [0.05, 0.1) is 0 Å². The van der Waals surface area contributed by atoms with Crippen LogP contribution in [0.1, 0.15) is 95.2 Å². The second kappa shape index (κ2) is 16.8. The standard InChI is InChI=1S/C21H27N2.C20H24FN.2ClH.Ru/c1-14-9-16(3)20(17(4)10-14)22-7-8-23(13-22)21-18(5)11-15(2)12-19(21)6;1-13(2)18-7-6-8-19(14(3)4)20(18)22-12-16-9-10-17(21)11-15(16)5;;;/h9-13H,7-8H2,1-6H3;5-11,13-14,22H,12H2,1-4H3;2*1H;/q-1;;;;+2/p-2. The summed E-state index contributed by atoms with van der Waals surface area (Å²) in [5.41, 5.74) is 16.4. The number of nitrogens with one attached hydrogen (secondary N) is 1. The number of para-hydroxylation sites is 1. The minimum Gasteiger partial charge on any atom is -0.502 e. The van der Waals surface area contributed by atoms with Crippen LogP contribution >= 0.6 is 19.4 Å². The second-order valence-electron chi connectivity index (χ2n) is 13.6. The first-order valence-corrected chi connectivity index (χ1v) is 22.2. The zero-order valence-corrected chi connectivity index (χ0v) is 33.3. The molecule has 0 saturated carbocycles. The maximum Gasteiger partial charge on any atom is 0.0146 e. The Morgan fingerprint density at radius 1 is 0.750 bits per heavy atom. The van der Waals surface area contributed by atoms with Crippen LogP contribution in [0.15, 0.2) is 60.7 Å². The van der Waals surface area contributed by atoms with E-state index in [0.717, 1.165) is 24.2 Å². The molecule has 7 heteroatoms. The van der Waals surface area contributed by atoms with Gasteiger partial charge in [-0.05, 0) is 63.8 Å². The van der Waals surface area contributed by atoms with Gasteiger partial charge >= 0.3 is 163 Å². The van der Waals surface area contributed by atoms with Crippen molar-refractivity contribution in [3.63, 3.8) is 0 Å². The van der Waals surface area contributed by atoms with Gasteiger partial charge in [-0.25, -0.2) is 0 Å². The fourth-order valence-corrected chi connectivity index (χ4v) is 8.79. The average Bonchev–Trinajstić information content (AvgIpc) is 3.44. The molecule has 1 N–H and O–H groups in total. The molecule has 48 heavy (non-hydrogen) atoms. The molecule has 4 aromatic carbocycles. The van der Waals surface area contributed by atoms with Gasteiger partial charge in [-0.15, -0.1) is 0 Å². The van der Waals surface area contributed by atoms with Crippen molar-refractivity contribution in [3.8, 4) is 0 Å². The molecule has 1 fully saturated rings. The maximum absolute atomic E-state index is 13.6. The van der Waals surface area contributed by atoms with E-state index in [2.05, 4.69) is 133 Å². The van der Waals surface area contributed by atoms with Crippen LogP contribution in [0.25, 0.3) is 0 Å². The van der Waals surface area contributed by atoms with Gasteiger partial charge in [-0.2, -0.15) is 6.67 Å². The minimum absolute atomic E-state index is 0.274. The Morgan fingerprint density at radius 2 is 1.21 bits per heavy atom. The summed E-state index contributed by atoms with van der Waals surface area (Å²) in [6.45, 7) is 26.9. The largest absolute Gasteiger partial charge is 0.502 e. The van der Waals surface area contributed by atoms with Crippen molar-refractivity contribution < 1.29 is 17.9 Å². The number of rotatable bonds is 8. The third-order valence-corrected chi connectivity index (χ3v) is 10.7. The first-order chi connectivity index (χ1) is 22.7. The molecule has 0 atom stereocenters. The number of benzene rings is 4. The smallest absolute Gasteiger partial charge is 0.0146 e. The van der Waals surface area contributed by atoms with E-state index < -0.39 is 13.5 Å². The molecule has 0 spiro atoms. The number of hydrogen-bond donors (Lipinski definition) is 1. The predicted molar refractivity (Wildman–Crippen MR) is 206 cm³/mol. The monoisotopic (exact) mass is 776 g/mol. The first kappa shape index (κ1) is 38.1. The quantitative estimate of drug-likeness (QED) is 0.142. The summed E-state index contributed by atoms with van der Waals surface area (Å²) in [4.78, 5) is 4.81. The Labute approximate surface area is 302 Å². The van der Waals surface area contributed by atoms with E-state index in [4.69, 9.17) is 19.4 Å². The van der Waals surface area contributed by atoms with Crippen molar-refractivity contribution in [3.05, 3.63) is 129 Å². The van der Waals surface area contributed by atoms with Crippen molar-refractivity contribution in [2.75, 3.05) is 28.2 Å². The zero-order chi connectivity index (χ0) is 35.3. The van der Waals surface area contributed by atoms with Crippen LogP contribution in [0.3, 0.4) is 0 Å². The molecule has 1 aliphatic rings. The van der Waals surface area contributed by atoms with Crippen LogP contribution in [-0.4, -0.2) is 17.7 Å². The molecule has 260 valence electrons. The van der Waals surface area contributed by atoms with Crippen LogP contribution in [0.5, 0.6) is 0 Å². The summed E-state index contributed by atoms with van der Waals surface area (Å²) >= 11 is -2.01. The van der Waals surface area contributed by atoms with Crippen LogP contribution in [0.2, 0.25) is 0 Å². The van der Waals surface area contributed by atoms with Gasteiger partial charge in [0.25, 0.3) is 0 Å². The molecule has 0 aliphatic carbocycles. The van der Waals surface area contributed by atoms with Crippen molar-refractivity contribution in [1.82, 2.24) is 0 Å². The first-order valence-electron chi connectivity index (χ1n) is 16.7. The van der Waals surface area contributed by atoms with Gasteiger partial charge in [0.1, 0.15) is 0 Å². The molecule has 1 saturated heterocycles. The van der Waals surface area contributed by atoms with Gasteiger partial charge in [0, 0.05) is 24.5 Å². The number of anilines is 3. The minimum atomic E-state index is -2.01. The summed E-state index contributed by atoms with van der Waals surface area (Å²) in [5, 5.41) is 3.58. The molecule has 0 bridgehead atoms. The Hall–Kier alpha value is -2.72. The van der Waals surface area contributed by atoms with E-state index in [0.29, 0.717) is 18.4 Å². The number of halogens is 3. The normalized spacial score (nSPS) is 13.2. The molecule has 3 nitrogen and oxygen atoms in total. The van der Waals surface area contributed by atoms with Crippen molar-refractivity contribution >= 4 is 41.1 Å². The number of nitrogens with zero attached hydrogens (tertiary/aromatic N) is 2. The topological polar surface area (TPSA) is 18.5 Å². The molecule has 0 unspecified atom stereocenters. The Morgan fingerprint density at radius 3 is 1.62 bits per heavy atom. The van der Waals surface area contributed by atoms with E-state index in [-0.39, 0.29) is 5.82 Å². The molecular formula is C41H51Cl2FN3Ru-. The summed E-state index contributed by atoms with van der Waals surface area (Å²) in [5.74, 6) is 0.565. The van der Waals surface area contributed by atoms with E-state index in [9.17, 15) is 4.39 Å². The number of hydrogen-bond acceptors (Lipinski definition) is 3. The summed E-state index contributed by atoms with van der Waals surface area (Å²) in [6.07, 6.45) is 0.